The van der Waals surface area contributed by atoms with Gasteiger partial charge < -0.3 is 5.73 Å². The lowest BCUT2D eigenvalue weighted by Crippen LogP contribution is -2.08. The molecule has 0 aliphatic rings. The van der Waals surface area contributed by atoms with Crippen LogP contribution in [-0.2, 0) is 13.0 Å². The van der Waals surface area contributed by atoms with E-state index in [-0.39, 0.29) is 0 Å². The molecule has 0 aliphatic heterocycles. The summed E-state index contributed by atoms with van der Waals surface area (Å²) in [5.41, 5.74) is 6.82. The lowest BCUT2D eigenvalue weighted by atomic mass is 10.2. The average Bonchev–Trinajstić information content (AvgIpc) is 2.51. The Morgan fingerprint density at radius 1 is 1.43 bits per heavy atom. The third-order valence-electron chi connectivity index (χ3n) is 2.01. The van der Waals surface area contributed by atoms with Crippen molar-refractivity contribution in [1.29, 1.82) is 0 Å². The van der Waals surface area contributed by atoms with Gasteiger partial charge in [-0.15, -0.1) is 5.10 Å². The predicted octanol–water partition coefficient (Wildman–Crippen LogP) is 1.57. The van der Waals surface area contributed by atoms with E-state index in [4.69, 9.17) is 5.73 Å². The van der Waals surface area contributed by atoms with Gasteiger partial charge in [-0.05, 0) is 12.2 Å². The second-order valence-electron chi connectivity index (χ2n) is 3.09. The van der Waals surface area contributed by atoms with Crippen LogP contribution in [-0.4, -0.2) is 26.5 Å². The van der Waals surface area contributed by atoms with Crippen LogP contribution in [0.2, 0.25) is 0 Å². The molecule has 2 N–H and O–H groups in total. The zero-order valence-electron chi connectivity index (χ0n) is 8.86. The molecule has 5 heteroatoms. The van der Waals surface area contributed by atoms with Crippen LogP contribution in [0.4, 0.5) is 5.82 Å². The van der Waals surface area contributed by atoms with Crippen LogP contribution in [0, 0.1) is 0 Å². The third-order valence-corrected chi connectivity index (χ3v) is 2.89. The number of anilines is 1. The normalized spacial score (nSPS) is 10.7. The molecule has 0 aliphatic carbocycles. The summed E-state index contributed by atoms with van der Waals surface area (Å²) in [6.45, 7) is 5.21. The lowest BCUT2D eigenvalue weighted by molar-refractivity contribution is 0.598. The molecule has 80 valence electrons. The summed E-state index contributed by atoms with van der Waals surface area (Å²) >= 11 is 1.91. The second kappa shape index (κ2) is 5.90. The molecule has 1 aromatic rings. The Labute approximate surface area is 89.2 Å². The summed E-state index contributed by atoms with van der Waals surface area (Å²) in [5.74, 6) is 2.82. The molecule has 0 unspecified atom stereocenters. The van der Waals surface area contributed by atoms with Gasteiger partial charge in [0.15, 0.2) is 5.82 Å². The van der Waals surface area contributed by atoms with Gasteiger partial charge in [0.2, 0.25) is 0 Å². The fourth-order valence-corrected chi connectivity index (χ4v) is 1.91. The number of rotatable bonds is 6. The van der Waals surface area contributed by atoms with Crippen LogP contribution in [0.3, 0.4) is 0 Å². The molecule has 4 nitrogen and oxygen atoms in total. The standard InChI is InChI=1S/C9H18N4S/c1-3-5-8-9(10)11-12-13(8)6-7-14-4-2/h3-7,10H2,1-2H3. The molecule has 0 fully saturated rings. The van der Waals surface area contributed by atoms with Crippen molar-refractivity contribution in [3.63, 3.8) is 0 Å². The van der Waals surface area contributed by atoms with Gasteiger partial charge in [-0.2, -0.15) is 11.8 Å². The topological polar surface area (TPSA) is 56.7 Å². The van der Waals surface area contributed by atoms with Crippen LogP contribution in [0.5, 0.6) is 0 Å². The summed E-state index contributed by atoms with van der Waals surface area (Å²) in [7, 11) is 0. The third kappa shape index (κ3) is 2.90. The average molecular weight is 214 g/mol. The minimum atomic E-state index is 0.591. The molecular formula is C9H18N4S. The van der Waals surface area contributed by atoms with E-state index < -0.39 is 0 Å². The van der Waals surface area contributed by atoms with Gasteiger partial charge in [0, 0.05) is 5.75 Å². The molecule has 0 bridgehead atoms. The van der Waals surface area contributed by atoms with Crippen molar-refractivity contribution >= 4 is 17.6 Å². The number of hydrogen-bond donors (Lipinski definition) is 1. The summed E-state index contributed by atoms with van der Waals surface area (Å²) < 4.78 is 1.93. The van der Waals surface area contributed by atoms with Gasteiger partial charge in [-0.25, -0.2) is 4.68 Å². The van der Waals surface area contributed by atoms with Crippen molar-refractivity contribution < 1.29 is 0 Å². The SMILES string of the molecule is CCCc1c(N)nnn1CCSCC. The summed E-state index contributed by atoms with van der Waals surface area (Å²) in [6.07, 6.45) is 2.05. The monoisotopic (exact) mass is 214 g/mol. The molecule has 0 saturated heterocycles. The van der Waals surface area contributed by atoms with E-state index in [1.165, 1.54) is 0 Å². The van der Waals surface area contributed by atoms with Crippen LogP contribution in [0.25, 0.3) is 0 Å². The minimum Gasteiger partial charge on any atom is -0.381 e. The number of thioether (sulfide) groups is 1. The number of hydrogen-bond acceptors (Lipinski definition) is 4. The molecular weight excluding hydrogens is 196 g/mol. The molecule has 1 heterocycles. The van der Waals surface area contributed by atoms with Crippen molar-refractivity contribution in [3.8, 4) is 0 Å². The number of aryl methyl sites for hydroxylation is 1. The zero-order valence-corrected chi connectivity index (χ0v) is 9.68. The molecule has 0 aromatic carbocycles. The fraction of sp³-hybridized carbons (Fsp3) is 0.778. The Morgan fingerprint density at radius 3 is 2.86 bits per heavy atom. The Bertz CT molecular complexity index is 272. The maximum atomic E-state index is 5.73. The van der Waals surface area contributed by atoms with Crippen molar-refractivity contribution in [2.45, 2.75) is 33.2 Å². The summed E-state index contributed by atoms with van der Waals surface area (Å²) in [5, 5.41) is 7.93. The van der Waals surface area contributed by atoms with Gasteiger partial charge in [-0.1, -0.05) is 25.5 Å². The van der Waals surface area contributed by atoms with Crippen LogP contribution >= 0.6 is 11.8 Å². The highest BCUT2D eigenvalue weighted by Crippen LogP contribution is 2.11. The lowest BCUT2D eigenvalue weighted by Gasteiger charge is -2.04. The first kappa shape index (κ1) is 11.4. The van der Waals surface area contributed by atoms with Crippen LogP contribution < -0.4 is 5.73 Å². The smallest absolute Gasteiger partial charge is 0.169 e. The highest BCUT2D eigenvalue weighted by atomic mass is 32.2. The molecule has 0 atom stereocenters. The quantitative estimate of drug-likeness (QED) is 0.730. The Hall–Kier alpha value is -0.710. The number of nitrogen functional groups attached to an aromatic ring is 1. The van der Waals surface area contributed by atoms with Crippen LogP contribution in [0.15, 0.2) is 0 Å². The van der Waals surface area contributed by atoms with E-state index >= 15 is 0 Å². The fourth-order valence-electron chi connectivity index (χ4n) is 1.32. The van der Waals surface area contributed by atoms with Gasteiger partial charge >= 0.3 is 0 Å². The van der Waals surface area contributed by atoms with E-state index in [1.807, 2.05) is 16.4 Å². The number of aromatic nitrogens is 3. The molecule has 1 aromatic heterocycles. The van der Waals surface area contributed by atoms with Crippen molar-refractivity contribution in [2.24, 2.45) is 0 Å². The highest BCUT2D eigenvalue weighted by Gasteiger charge is 2.07. The van der Waals surface area contributed by atoms with E-state index in [2.05, 4.69) is 24.2 Å². The van der Waals surface area contributed by atoms with Crippen molar-refractivity contribution in [3.05, 3.63) is 5.69 Å². The maximum Gasteiger partial charge on any atom is 0.169 e. The van der Waals surface area contributed by atoms with Gasteiger partial charge in [0.05, 0.1) is 12.2 Å². The van der Waals surface area contributed by atoms with Gasteiger partial charge in [0.1, 0.15) is 0 Å². The molecule has 0 amide bonds. The van der Waals surface area contributed by atoms with E-state index in [0.29, 0.717) is 5.82 Å². The van der Waals surface area contributed by atoms with Crippen LogP contribution in [0.1, 0.15) is 26.0 Å². The summed E-state index contributed by atoms with van der Waals surface area (Å²) in [6, 6.07) is 0. The summed E-state index contributed by atoms with van der Waals surface area (Å²) in [4.78, 5) is 0. The van der Waals surface area contributed by atoms with E-state index in [1.54, 1.807) is 0 Å². The minimum absolute atomic E-state index is 0.591. The number of nitrogens with two attached hydrogens (primary N) is 1. The number of nitrogens with zero attached hydrogens (tertiary/aromatic N) is 3. The highest BCUT2D eigenvalue weighted by molar-refractivity contribution is 7.99. The first-order valence-corrected chi connectivity index (χ1v) is 6.20. The molecule has 1 rings (SSSR count). The predicted molar refractivity (Wildman–Crippen MR) is 61.4 cm³/mol. The first-order chi connectivity index (χ1) is 6.79. The van der Waals surface area contributed by atoms with Crippen molar-refractivity contribution in [2.75, 3.05) is 17.2 Å². The largest absolute Gasteiger partial charge is 0.381 e. The van der Waals surface area contributed by atoms with Gasteiger partial charge in [0.25, 0.3) is 0 Å². The zero-order chi connectivity index (χ0) is 10.4. The van der Waals surface area contributed by atoms with E-state index in [9.17, 15) is 0 Å². The second-order valence-corrected chi connectivity index (χ2v) is 4.49. The molecule has 0 spiro atoms. The molecule has 14 heavy (non-hydrogen) atoms. The van der Waals surface area contributed by atoms with Crippen molar-refractivity contribution in [1.82, 2.24) is 15.0 Å². The Balaban J connectivity index is 2.56. The maximum absolute atomic E-state index is 5.73. The molecule has 0 saturated carbocycles. The van der Waals surface area contributed by atoms with Gasteiger partial charge in [-0.3, -0.25) is 0 Å². The Kier molecular flexibility index (Phi) is 4.79. The first-order valence-electron chi connectivity index (χ1n) is 5.05. The Morgan fingerprint density at radius 2 is 2.21 bits per heavy atom. The molecule has 0 radical (unpaired) electrons. The van der Waals surface area contributed by atoms with E-state index in [0.717, 1.165) is 36.6 Å².